The Balaban J connectivity index is 1.50. The zero-order chi connectivity index (χ0) is 18.4. The molecule has 0 aromatic carbocycles. The first kappa shape index (κ1) is 16.3. The number of piperidine rings is 1. The predicted molar refractivity (Wildman–Crippen MR) is 99.5 cm³/mol. The van der Waals surface area contributed by atoms with E-state index in [-0.39, 0.29) is 17.6 Å². The molecule has 0 radical (unpaired) electrons. The van der Waals surface area contributed by atoms with Crippen molar-refractivity contribution in [2.24, 2.45) is 5.92 Å². The molecule has 5 rings (SSSR count). The summed E-state index contributed by atoms with van der Waals surface area (Å²) in [6.45, 7) is 1.96. The van der Waals surface area contributed by atoms with Gasteiger partial charge in [-0.05, 0) is 49.8 Å². The first-order valence-electron chi connectivity index (χ1n) is 9.57. The van der Waals surface area contributed by atoms with Crippen LogP contribution in [0.1, 0.15) is 42.2 Å². The van der Waals surface area contributed by atoms with Crippen LogP contribution in [0.5, 0.6) is 0 Å². The summed E-state index contributed by atoms with van der Waals surface area (Å²) in [6, 6.07) is 5.47. The number of pyridine rings is 1. The number of carbonyl (C=O) groups is 1. The smallest absolute Gasteiger partial charge is 0.330 e. The molecule has 2 fully saturated rings. The summed E-state index contributed by atoms with van der Waals surface area (Å²) in [6.07, 6.45) is 7.42. The van der Waals surface area contributed by atoms with Crippen molar-refractivity contribution in [2.75, 3.05) is 13.1 Å². The van der Waals surface area contributed by atoms with Gasteiger partial charge in [-0.2, -0.15) is 5.10 Å². The molecule has 2 aliphatic rings. The van der Waals surface area contributed by atoms with Gasteiger partial charge in [0.2, 0.25) is 0 Å². The maximum atomic E-state index is 13.2. The number of aromatic amines is 1. The van der Waals surface area contributed by atoms with Gasteiger partial charge in [0.05, 0.1) is 11.6 Å². The molecule has 0 spiro atoms. The third kappa shape index (κ3) is 2.85. The Morgan fingerprint density at radius 2 is 2.11 bits per heavy atom. The highest BCUT2D eigenvalue weighted by atomic mass is 16.2. The molecule has 1 atom stereocenters. The number of hydrogen-bond donors (Lipinski definition) is 1. The number of amides is 1. The number of nitrogens with zero attached hydrogens (tertiary/aromatic N) is 5. The standard InChI is InChI=1S/C19H22N6O2/c26-18(15-7-9-21-22-15)23-10-2-3-14(12-23)25-17-16(4-1-8-20-17)24(19(25)27)11-13-5-6-13/h1,4,7-9,13-14H,2-3,5-6,10-12H2,(H,21,22)/t14-/m0/s1. The summed E-state index contributed by atoms with van der Waals surface area (Å²) in [5, 5.41) is 6.60. The van der Waals surface area contributed by atoms with Crippen molar-refractivity contribution in [2.45, 2.75) is 38.3 Å². The van der Waals surface area contributed by atoms with Crippen molar-refractivity contribution >= 4 is 17.1 Å². The lowest BCUT2D eigenvalue weighted by Gasteiger charge is -2.32. The number of H-pyrrole nitrogens is 1. The lowest BCUT2D eigenvalue weighted by molar-refractivity contribution is 0.0673. The number of likely N-dealkylation sites (tertiary alicyclic amines) is 1. The van der Waals surface area contributed by atoms with Gasteiger partial charge in [0.1, 0.15) is 5.69 Å². The SMILES string of the molecule is O=C(c1ccn[nH]1)N1CCC[C@H](n2c(=O)n(CC3CC3)c3cccnc32)C1. The summed E-state index contributed by atoms with van der Waals surface area (Å²) in [4.78, 5) is 32.2. The van der Waals surface area contributed by atoms with Gasteiger partial charge in [-0.3, -0.25) is 19.0 Å². The van der Waals surface area contributed by atoms with E-state index in [0.717, 1.165) is 30.6 Å². The van der Waals surface area contributed by atoms with Crippen LogP contribution >= 0.6 is 0 Å². The van der Waals surface area contributed by atoms with E-state index in [1.165, 1.54) is 12.8 Å². The van der Waals surface area contributed by atoms with E-state index in [1.54, 1.807) is 23.4 Å². The third-order valence-corrected chi connectivity index (χ3v) is 5.64. The second-order valence-electron chi connectivity index (χ2n) is 7.57. The van der Waals surface area contributed by atoms with Crippen LogP contribution in [-0.4, -0.2) is 48.2 Å². The van der Waals surface area contributed by atoms with Gasteiger partial charge in [0.25, 0.3) is 5.91 Å². The number of aromatic nitrogens is 5. The highest BCUT2D eigenvalue weighted by molar-refractivity contribution is 5.92. The van der Waals surface area contributed by atoms with Gasteiger partial charge in [0.15, 0.2) is 5.65 Å². The quantitative estimate of drug-likeness (QED) is 0.763. The van der Waals surface area contributed by atoms with Crippen LogP contribution in [0, 0.1) is 5.92 Å². The zero-order valence-electron chi connectivity index (χ0n) is 15.0. The van der Waals surface area contributed by atoms with E-state index >= 15 is 0 Å². The largest absolute Gasteiger partial charge is 0.335 e. The highest BCUT2D eigenvalue weighted by Crippen LogP contribution is 2.32. The molecule has 1 amide bonds. The Morgan fingerprint density at radius 3 is 2.89 bits per heavy atom. The molecule has 8 heteroatoms. The normalized spacial score (nSPS) is 20.3. The summed E-state index contributed by atoms with van der Waals surface area (Å²) < 4.78 is 3.68. The molecule has 140 valence electrons. The van der Waals surface area contributed by atoms with Gasteiger partial charge in [-0.15, -0.1) is 0 Å². The highest BCUT2D eigenvalue weighted by Gasteiger charge is 2.31. The molecule has 8 nitrogen and oxygen atoms in total. The molecular weight excluding hydrogens is 344 g/mol. The summed E-state index contributed by atoms with van der Waals surface area (Å²) in [5.74, 6) is 0.534. The molecule has 0 bridgehead atoms. The lowest BCUT2D eigenvalue weighted by Crippen LogP contribution is -2.43. The number of carbonyl (C=O) groups excluding carboxylic acids is 1. The molecule has 1 N–H and O–H groups in total. The number of nitrogens with one attached hydrogen (secondary N) is 1. The van der Waals surface area contributed by atoms with E-state index < -0.39 is 0 Å². The van der Waals surface area contributed by atoms with Crippen molar-refractivity contribution in [1.29, 1.82) is 0 Å². The average molecular weight is 366 g/mol. The van der Waals surface area contributed by atoms with Gasteiger partial charge >= 0.3 is 5.69 Å². The Labute approximate surface area is 155 Å². The van der Waals surface area contributed by atoms with E-state index in [4.69, 9.17) is 0 Å². The maximum absolute atomic E-state index is 13.2. The van der Waals surface area contributed by atoms with Crippen molar-refractivity contribution in [1.82, 2.24) is 29.2 Å². The molecule has 3 aromatic heterocycles. The fraction of sp³-hybridized carbons (Fsp3) is 0.474. The monoisotopic (exact) mass is 366 g/mol. The zero-order valence-corrected chi connectivity index (χ0v) is 15.0. The van der Waals surface area contributed by atoms with E-state index in [1.807, 2.05) is 21.3 Å². The number of hydrogen-bond acceptors (Lipinski definition) is 4. The van der Waals surface area contributed by atoms with Crippen molar-refractivity contribution in [3.63, 3.8) is 0 Å². The molecule has 1 saturated carbocycles. The number of rotatable bonds is 4. The minimum Gasteiger partial charge on any atom is -0.335 e. The van der Waals surface area contributed by atoms with Crippen LogP contribution < -0.4 is 5.69 Å². The van der Waals surface area contributed by atoms with Crippen LogP contribution in [0.15, 0.2) is 35.4 Å². The molecule has 1 aliphatic carbocycles. The Kier molecular flexibility index (Phi) is 3.84. The Morgan fingerprint density at radius 1 is 1.22 bits per heavy atom. The second kappa shape index (κ2) is 6.37. The third-order valence-electron chi connectivity index (χ3n) is 5.64. The maximum Gasteiger partial charge on any atom is 0.330 e. The van der Waals surface area contributed by atoms with Gasteiger partial charge < -0.3 is 4.90 Å². The number of imidazole rings is 1. The topological polar surface area (TPSA) is 88.8 Å². The molecule has 27 heavy (non-hydrogen) atoms. The second-order valence-corrected chi connectivity index (χ2v) is 7.57. The molecule has 1 saturated heterocycles. The van der Waals surface area contributed by atoms with Crippen LogP contribution in [0.3, 0.4) is 0 Å². The van der Waals surface area contributed by atoms with Crippen LogP contribution in [0.2, 0.25) is 0 Å². The fourth-order valence-corrected chi connectivity index (χ4v) is 4.07. The van der Waals surface area contributed by atoms with Crippen molar-refractivity contribution < 1.29 is 4.79 Å². The van der Waals surface area contributed by atoms with E-state index in [0.29, 0.717) is 24.7 Å². The van der Waals surface area contributed by atoms with Crippen molar-refractivity contribution in [3.05, 3.63) is 46.8 Å². The van der Waals surface area contributed by atoms with E-state index in [2.05, 4.69) is 15.2 Å². The molecule has 4 heterocycles. The minimum atomic E-state index is -0.0695. The summed E-state index contributed by atoms with van der Waals surface area (Å²) in [5.41, 5.74) is 2.10. The lowest BCUT2D eigenvalue weighted by atomic mass is 10.1. The Hall–Kier alpha value is -2.90. The molecule has 1 aliphatic heterocycles. The minimum absolute atomic E-state index is 0.00330. The predicted octanol–water partition coefficient (Wildman–Crippen LogP) is 1.81. The molecular formula is C19H22N6O2. The molecule has 3 aromatic rings. The first-order chi connectivity index (χ1) is 13.2. The summed E-state index contributed by atoms with van der Waals surface area (Å²) >= 11 is 0. The van der Waals surface area contributed by atoms with Gasteiger partial charge in [0, 0.05) is 32.0 Å². The Bertz CT molecular complexity index is 1030. The van der Waals surface area contributed by atoms with Crippen molar-refractivity contribution in [3.8, 4) is 0 Å². The van der Waals surface area contributed by atoms with Crippen LogP contribution in [-0.2, 0) is 6.54 Å². The van der Waals surface area contributed by atoms with Crippen LogP contribution in [0.25, 0.3) is 11.2 Å². The van der Waals surface area contributed by atoms with E-state index in [9.17, 15) is 9.59 Å². The van der Waals surface area contributed by atoms with Gasteiger partial charge in [-0.1, -0.05) is 0 Å². The summed E-state index contributed by atoms with van der Waals surface area (Å²) in [7, 11) is 0. The fourth-order valence-electron chi connectivity index (χ4n) is 4.07. The first-order valence-corrected chi connectivity index (χ1v) is 9.57. The van der Waals surface area contributed by atoms with Crippen LogP contribution in [0.4, 0.5) is 0 Å². The molecule has 0 unspecified atom stereocenters. The average Bonchev–Trinajstić information content (AvgIpc) is 3.26. The van der Waals surface area contributed by atoms with Gasteiger partial charge in [-0.25, -0.2) is 9.78 Å². The number of fused-ring (bicyclic) bond motifs is 1.